The summed E-state index contributed by atoms with van der Waals surface area (Å²) in [5, 5.41) is 3.71. The number of hydrogen-bond acceptors (Lipinski definition) is 2. The second-order valence-electron chi connectivity index (χ2n) is 4.99. The molecule has 0 bridgehead atoms. The van der Waals surface area contributed by atoms with Crippen molar-refractivity contribution in [3.05, 3.63) is 34.9 Å². The van der Waals surface area contributed by atoms with Crippen LogP contribution in [-0.2, 0) is 4.79 Å². The molecule has 1 rings (SSSR count). The number of amides is 1. The fourth-order valence-electron chi connectivity index (χ4n) is 1.75. The minimum absolute atomic E-state index is 0.0393. The van der Waals surface area contributed by atoms with Gasteiger partial charge in [0, 0.05) is 12.1 Å². The molecule has 3 nitrogen and oxygen atoms in total. The molecule has 0 aliphatic rings. The summed E-state index contributed by atoms with van der Waals surface area (Å²) in [7, 11) is 3.58. The summed E-state index contributed by atoms with van der Waals surface area (Å²) in [6.45, 7) is 5.71. The summed E-state index contributed by atoms with van der Waals surface area (Å²) < 4.78 is 0. The lowest BCUT2D eigenvalue weighted by Crippen LogP contribution is -2.52. The van der Waals surface area contributed by atoms with E-state index in [1.165, 1.54) is 0 Å². The number of rotatable bonds is 4. The second-order valence-corrected chi connectivity index (χ2v) is 5.40. The fourth-order valence-corrected chi connectivity index (χ4v) is 2.04. The van der Waals surface area contributed by atoms with E-state index >= 15 is 0 Å². The predicted octanol–water partition coefficient (Wildman–Crippen LogP) is 2.86. The fraction of sp³-hybridized carbons (Fsp3) is 0.500. The van der Waals surface area contributed by atoms with Crippen LogP contribution in [0.2, 0.25) is 5.02 Å². The number of halogens is 1. The van der Waals surface area contributed by atoms with Gasteiger partial charge >= 0.3 is 0 Å². The van der Waals surface area contributed by atoms with Crippen LogP contribution in [0.25, 0.3) is 0 Å². The van der Waals surface area contributed by atoms with E-state index in [4.69, 9.17) is 11.6 Å². The second kappa shape index (κ2) is 5.72. The lowest BCUT2D eigenvalue weighted by atomic mass is 10.0. The van der Waals surface area contributed by atoms with E-state index in [-0.39, 0.29) is 11.9 Å². The first kappa shape index (κ1) is 15.0. The Hall–Kier alpha value is -1.06. The van der Waals surface area contributed by atoms with Crippen LogP contribution in [0.3, 0.4) is 0 Å². The lowest BCUT2D eigenvalue weighted by Gasteiger charge is -2.33. The van der Waals surface area contributed by atoms with Crippen LogP contribution in [0, 0.1) is 0 Å². The predicted molar refractivity (Wildman–Crippen MR) is 75.8 cm³/mol. The zero-order valence-corrected chi connectivity index (χ0v) is 12.4. The summed E-state index contributed by atoms with van der Waals surface area (Å²) in [5.41, 5.74) is 0.381. The smallest absolute Gasteiger partial charge is 0.242 e. The minimum Gasteiger partial charge on any atom is -0.337 e. The zero-order chi connectivity index (χ0) is 13.9. The van der Waals surface area contributed by atoms with E-state index in [1.807, 2.05) is 45.0 Å². The van der Waals surface area contributed by atoms with Crippen LogP contribution in [-0.4, -0.2) is 30.4 Å². The highest BCUT2D eigenvalue weighted by Crippen LogP contribution is 2.27. The first-order valence-electron chi connectivity index (χ1n) is 6.02. The Morgan fingerprint density at radius 2 is 1.94 bits per heavy atom. The summed E-state index contributed by atoms with van der Waals surface area (Å²) in [4.78, 5) is 14.1. The number of nitrogens with zero attached hydrogens (tertiary/aromatic N) is 1. The number of carbonyl (C=O) groups excluding carboxylic acids is 1. The van der Waals surface area contributed by atoms with Crippen molar-refractivity contribution in [2.75, 3.05) is 14.1 Å². The van der Waals surface area contributed by atoms with Crippen molar-refractivity contribution < 1.29 is 4.79 Å². The monoisotopic (exact) mass is 268 g/mol. The Labute approximate surface area is 114 Å². The third-order valence-corrected chi connectivity index (χ3v) is 3.76. The molecule has 0 aliphatic heterocycles. The van der Waals surface area contributed by atoms with E-state index in [0.29, 0.717) is 5.02 Å². The van der Waals surface area contributed by atoms with Crippen molar-refractivity contribution in [2.24, 2.45) is 0 Å². The van der Waals surface area contributed by atoms with Crippen LogP contribution in [0.5, 0.6) is 0 Å². The normalized spacial score (nSPS) is 13.2. The van der Waals surface area contributed by atoms with E-state index < -0.39 is 5.54 Å². The Morgan fingerprint density at radius 1 is 1.39 bits per heavy atom. The highest BCUT2D eigenvalue weighted by molar-refractivity contribution is 6.31. The molecule has 0 saturated heterocycles. The molecule has 0 heterocycles. The highest BCUT2D eigenvalue weighted by Gasteiger charge is 2.31. The maximum atomic E-state index is 12.3. The first-order chi connectivity index (χ1) is 8.31. The van der Waals surface area contributed by atoms with Crippen molar-refractivity contribution in [3.63, 3.8) is 0 Å². The molecule has 0 aliphatic carbocycles. The van der Waals surface area contributed by atoms with Crippen molar-refractivity contribution in [3.8, 4) is 0 Å². The number of carbonyl (C=O) groups is 1. The van der Waals surface area contributed by atoms with Gasteiger partial charge in [-0.3, -0.25) is 4.79 Å². The molecule has 0 aromatic heterocycles. The molecule has 100 valence electrons. The molecular weight excluding hydrogens is 248 g/mol. The zero-order valence-electron chi connectivity index (χ0n) is 11.6. The van der Waals surface area contributed by atoms with Gasteiger partial charge in [-0.1, -0.05) is 29.8 Å². The standard InChI is InChI=1S/C14H21ClN2O/c1-10(11-8-6-7-9-12(11)15)17(5)13(18)14(2,3)16-4/h6-10,16H,1-5H3. The summed E-state index contributed by atoms with van der Waals surface area (Å²) in [6, 6.07) is 7.55. The number of likely N-dealkylation sites (N-methyl/N-ethyl adjacent to an activating group) is 2. The lowest BCUT2D eigenvalue weighted by molar-refractivity contribution is -0.137. The Morgan fingerprint density at radius 3 is 2.44 bits per heavy atom. The molecular formula is C14H21ClN2O. The third kappa shape index (κ3) is 3.03. The van der Waals surface area contributed by atoms with Crippen LogP contribution < -0.4 is 5.32 Å². The van der Waals surface area contributed by atoms with Gasteiger partial charge in [0.25, 0.3) is 0 Å². The summed E-state index contributed by atoms with van der Waals surface area (Å²) >= 11 is 6.16. The van der Waals surface area contributed by atoms with E-state index in [2.05, 4.69) is 5.32 Å². The molecule has 1 unspecified atom stereocenters. The minimum atomic E-state index is -0.579. The highest BCUT2D eigenvalue weighted by atomic mass is 35.5. The Bertz CT molecular complexity index is 432. The SMILES string of the molecule is CNC(C)(C)C(=O)N(C)C(C)c1ccccc1Cl. The van der Waals surface area contributed by atoms with Gasteiger partial charge in [0.2, 0.25) is 5.91 Å². The van der Waals surface area contributed by atoms with Crippen LogP contribution in [0.4, 0.5) is 0 Å². The van der Waals surface area contributed by atoms with Crippen molar-refractivity contribution in [1.29, 1.82) is 0 Å². The molecule has 1 amide bonds. The summed E-state index contributed by atoms with van der Waals surface area (Å²) in [5.74, 6) is 0.0393. The number of nitrogens with one attached hydrogen (secondary N) is 1. The molecule has 0 saturated carbocycles. The van der Waals surface area contributed by atoms with Gasteiger partial charge in [0.15, 0.2) is 0 Å². The molecule has 0 spiro atoms. The largest absolute Gasteiger partial charge is 0.337 e. The molecule has 0 radical (unpaired) electrons. The maximum Gasteiger partial charge on any atom is 0.242 e. The Balaban J connectivity index is 2.95. The maximum absolute atomic E-state index is 12.3. The van der Waals surface area contributed by atoms with Gasteiger partial charge in [-0.2, -0.15) is 0 Å². The van der Waals surface area contributed by atoms with Gasteiger partial charge in [0.05, 0.1) is 11.6 Å². The van der Waals surface area contributed by atoms with Crippen molar-refractivity contribution in [2.45, 2.75) is 32.4 Å². The van der Waals surface area contributed by atoms with Gasteiger partial charge in [-0.05, 0) is 39.4 Å². The molecule has 18 heavy (non-hydrogen) atoms. The van der Waals surface area contributed by atoms with E-state index in [9.17, 15) is 4.79 Å². The number of benzene rings is 1. The summed E-state index contributed by atoms with van der Waals surface area (Å²) in [6.07, 6.45) is 0. The molecule has 1 atom stereocenters. The average Bonchev–Trinajstić information content (AvgIpc) is 2.36. The molecule has 1 aromatic rings. The van der Waals surface area contributed by atoms with Gasteiger partial charge in [0.1, 0.15) is 0 Å². The molecule has 0 fully saturated rings. The molecule has 1 N–H and O–H groups in total. The van der Waals surface area contributed by atoms with Gasteiger partial charge in [-0.15, -0.1) is 0 Å². The van der Waals surface area contributed by atoms with Crippen molar-refractivity contribution in [1.82, 2.24) is 10.2 Å². The van der Waals surface area contributed by atoms with Crippen LogP contribution in [0.15, 0.2) is 24.3 Å². The van der Waals surface area contributed by atoms with E-state index in [0.717, 1.165) is 5.56 Å². The first-order valence-corrected chi connectivity index (χ1v) is 6.39. The molecule has 4 heteroatoms. The van der Waals surface area contributed by atoms with Crippen LogP contribution in [0.1, 0.15) is 32.4 Å². The Kier molecular flexibility index (Phi) is 4.77. The van der Waals surface area contributed by atoms with E-state index in [1.54, 1.807) is 19.0 Å². The quantitative estimate of drug-likeness (QED) is 0.911. The van der Waals surface area contributed by atoms with Gasteiger partial charge < -0.3 is 10.2 Å². The van der Waals surface area contributed by atoms with Gasteiger partial charge in [-0.25, -0.2) is 0 Å². The average molecular weight is 269 g/mol. The molecule has 1 aromatic carbocycles. The van der Waals surface area contributed by atoms with Crippen LogP contribution >= 0.6 is 11.6 Å². The number of hydrogen-bond donors (Lipinski definition) is 1. The van der Waals surface area contributed by atoms with Crippen molar-refractivity contribution >= 4 is 17.5 Å². The topological polar surface area (TPSA) is 32.3 Å². The third-order valence-electron chi connectivity index (χ3n) is 3.42.